The number of hydrogen-bond donors (Lipinski definition) is 1. The first-order valence-electron chi connectivity index (χ1n) is 14.5. The van der Waals surface area contributed by atoms with Crippen molar-refractivity contribution < 1.29 is 33.1 Å². The lowest BCUT2D eigenvalue weighted by Crippen LogP contribution is -2.30. The van der Waals surface area contributed by atoms with E-state index in [2.05, 4.69) is 10.5 Å². The number of methoxy groups -OCH3 is 3. The molecule has 0 saturated carbocycles. The number of carbonyl (C=O) groups excluding carboxylic acids is 3. The number of imide groups is 1. The minimum Gasteiger partial charge on any atom is -0.493 e. The molecule has 12 nitrogen and oxygen atoms in total. The molecule has 0 saturated heterocycles. The van der Waals surface area contributed by atoms with Gasteiger partial charge in [-0.15, -0.1) is 0 Å². The smallest absolute Gasteiger partial charge is 0.270 e. The molecule has 4 aromatic carbocycles. The topological polar surface area (TPSA) is 142 Å². The second kappa shape index (κ2) is 11.9. The van der Waals surface area contributed by atoms with Crippen molar-refractivity contribution in [2.45, 2.75) is 6.42 Å². The number of carbonyl (C=O) groups is 3. The molecule has 7 rings (SSSR count). The summed E-state index contributed by atoms with van der Waals surface area (Å²) in [4.78, 5) is 55.1. The number of hydrogen-bond acceptors (Lipinski definition) is 9. The van der Waals surface area contributed by atoms with Gasteiger partial charge in [-0.1, -0.05) is 47.1 Å². The molecule has 0 fully saturated rings. The van der Waals surface area contributed by atoms with E-state index >= 15 is 0 Å². The summed E-state index contributed by atoms with van der Waals surface area (Å²) in [5.74, 6) is -0.786. The van der Waals surface area contributed by atoms with E-state index in [1.54, 1.807) is 66.7 Å². The van der Waals surface area contributed by atoms with Crippen LogP contribution < -0.4 is 30.0 Å². The highest BCUT2D eigenvalue weighted by Crippen LogP contribution is 2.40. The fraction of sp³-hybridized carbons (Fsp3) is 0.114. The first-order chi connectivity index (χ1) is 23.2. The van der Waals surface area contributed by atoms with Crippen LogP contribution in [0.5, 0.6) is 17.2 Å². The van der Waals surface area contributed by atoms with Gasteiger partial charge in [0.05, 0.1) is 49.4 Å². The molecule has 0 bridgehead atoms. The molecule has 6 aromatic rings. The molecule has 3 amide bonds. The summed E-state index contributed by atoms with van der Waals surface area (Å²) in [7, 11) is 4.44. The summed E-state index contributed by atoms with van der Waals surface area (Å²) in [6.07, 6.45) is -0.0479. The average Bonchev–Trinajstić information content (AvgIpc) is 3.62. The lowest BCUT2D eigenvalue weighted by atomic mass is 10.1. The third-order valence-corrected chi connectivity index (χ3v) is 8.35. The molecule has 1 N–H and O–H groups in total. The van der Waals surface area contributed by atoms with Crippen LogP contribution in [0.4, 0.5) is 11.6 Å². The third kappa shape index (κ3) is 4.81. The lowest BCUT2D eigenvalue weighted by molar-refractivity contribution is -0.115. The Hall–Kier alpha value is -6.14. The Morgan fingerprint density at radius 2 is 1.50 bits per heavy atom. The molecular weight excluding hydrogens is 640 g/mol. The number of nitrogens with one attached hydrogen (secondary N) is 1. The molecular formula is C35H25ClN4O8. The molecule has 1 aliphatic heterocycles. The standard InChI is InChI=1S/C35H25ClN4O8/c1-45-25-16-19(17-26(46-2)31(25)47-3)37-27(41)15-18-8-6-9-20(14-18)39-24-13-7-12-23(36)28(24)30-29(34(39)44)35(48-38-30)40-32(42)21-10-4-5-11-22(21)33(40)43/h4-14,16-17H,15H2,1-3H3,(H,37,41). The second-order valence-electron chi connectivity index (χ2n) is 10.8. The van der Waals surface area contributed by atoms with Crippen molar-refractivity contribution in [1.82, 2.24) is 9.72 Å². The van der Waals surface area contributed by atoms with E-state index in [-0.39, 0.29) is 45.3 Å². The zero-order valence-electron chi connectivity index (χ0n) is 25.7. The van der Waals surface area contributed by atoms with Gasteiger partial charge in [0.15, 0.2) is 11.5 Å². The van der Waals surface area contributed by atoms with Gasteiger partial charge >= 0.3 is 0 Å². The first kappa shape index (κ1) is 30.5. The maximum atomic E-state index is 14.4. The minimum atomic E-state index is -0.640. The normalized spacial score (nSPS) is 12.5. The lowest BCUT2D eigenvalue weighted by Gasteiger charge is -2.15. The monoisotopic (exact) mass is 664 g/mol. The number of nitrogens with zero attached hydrogens (tertiary/aromatic N) is 3. The van der Waals surface area contributed by atoms with Gasteiger partial charge in [-0.05, 0) is 42.0 Å². The summed E-state index contributed by atoms with van der Waals surface area (Å²) in [6, 6.07) is 21.5. The van der Waals surface area contributed by atoms with Crippen molar-refractivity contribution in [3.05, 3.63) is 111 Å². The molecule has 13 heteroatoms. The van der Waals surface area contributed by atoms with Gasteiger partial charge in [-0.3, -0.25) is 23.7 Å². The Morgan fingerprint density at radius 3 is 2.15 bits per heavy atom. The Morgan fingerprint density at radius 1 is 0.833 bits per heavy atom. The molecule has 0 unspecified atom stereocenters. The van der Waals surface area contributed by atoms with Crippen molar-refractivity contribution in [3.8, 4) is 22.9 Å². The van der Waals surface area contributed by atoms with Gasteiger partial charge < -0.3 is 24.1 Å². The average molecular weight is 665 g/mol. The number of rotatable bonds is 8. The summed E-state index contributed by atoms with van der Waals surface area (Å²) >= 11 is 6.66. The van der Waals surface area contributed by atoms with Crippen LogP contribution in [0.15, 0.2) is 88.2 Å². The van der Waals surface area contributed by atoms with Crippen molar-refractivity contribution in [1.29, 1.82) is 0 Å². The van der Waals surface area contributed by atoms with Gasteiger partial charge in [-0.25, -0.2) is 4.90 Å². The van der Waals surface area contributed by atoms with Crippen LogP contribution in [0, 0.1) is 0 Å². The Bertz CT molecular complexity index is 2320. The first-order valence-corrected chi connectivity index (χ1v) is 14.9. The fourth-order valence-corrected chi connectivity index (χ4v) is 6.19. The summed E-state index contributed by atoms with van der Waals surface area (Å²) in [5, 5.41) is 7.51. The van der Waals surface area contributed by atoms with Gasteiger partial charge in [0.2, 0.25) is 11.7 Å². The van der Waals surface area contributed by atoms with E-state index in [9.17, 15) is 19.2 Å². The summed E-state index contributed by atoms with van der Waals surface area (Å²) in [5.41, 5.74) is 1.69. The van der Waals surface area contributed by atoms with Gasteiger partial charge in [0.1, 0.15) is 10.9 Å². The molecule has 240 valence electrons. The minimum absolute atomic E-state index is 0.0479. The van der Waals surface area contributed by atoms with E-state index in [0.29, 0.717) is 45.1 Å². The van der Waals surface area contributed by atoms with E-state index in [0.717, 1.165) is 4.90 Å². The van der Waals surface area contributed by atoms with E-state index < -0.39 is 17.4 Å². The highest BCUT2D eigenvalue weighted by atomic mass is 35.5. The number of amides is 3. The van der Waals surface area contributed by atoms with E-state index in [4.69, 9.17) is 30.3 Å². The Balaban J connectivity index is 1.30. The molecule has 0 aliphatic carbocycles. The zero-order chi connectivity index (χ0) is 33.7. The van der Waals surface area contributed by atoms with Crippen molar-refractivity contribution in [2.24, 2.45) is 0 Å². The van der Waals surface area contributed by atoms with Crippen molar-refractivity contribution in [3.63, 3.8) is 0 Å². The van der Waals surface area contributed by atoms with Gasteiger partial charge in [-0.2, -0.15) is 0 Å². The van der Waals surface area contributed by atoms with Gasteiger partial charge in [0, 0.05) is 28.9 Å². The largest absolute Gasteiger partial charge is 0.493 e. The van der Waals surface area contributed by atoms with Crippen LogP contribution in [0.25, 0.3) is 27.5 Å². The van der Waals surface area contributed by atoms with Crippen LogP contribution in [0.2, 0.25) is 5.02 Å². The molecule has 3 heterocycles. The van der Waals surface area contributed by atoms with Crippen molar-refractivity contribution >= 4 is 62.7 Å². The highest BCUT2D eigenvalue weighted by Gasteiger charge is 2.40. The number of pyridine rings is 1. The number of fused-ring (bicyclic) bond motifs is 4. The van der Waals surface area contributed by atoms with Crippen LogP contribution in [-0.4, -0.2) is 48.8 Å². The van der Waals surface area contributed by atoms with Crippen LogP contribution >= 0.6 is 11.6 Å². The number of benzene rings is 4. The SMILES string of the molecule is COc1cc(NC(=O)Cc2cccc(-n3c(=O)c4c(N5C(=O)c6ccccc6C5=O)onc4c4c(Cl)cccc43)c2)cc(OC)c1OC. The highest BCUT2D eigenvalue weighted by molar-refractivity contribution is 6.39. The quantitative estimate of drug-likeness (QED) is 0.200. The molecule has 2 aromatic heterocycles. The summed E-state index contributed by atoms with van der Waals surface area (Å²) in [6.45, 7) is 0. The number of aromatic nitrogens is 2. The van der Waals surface area contributed by atoms with Crippen LogP contribution in [0.1, 0.15) is 26.3 Å². The van der Waals surface area contributed by atoms with Crippen LogP contribution in [-0.2, 0) is 11.2 Å². The maximum Gasteiger partial charge on any atom is 0.270 e. The predicted octanol–water partition coefficient (Wildman–Crippen LogP) is 5.79. The van der Waals surface area contributed by atoms with Crippen molar-refractivity contribution in [2.75, 3.05) is 31.5 Å². The van der Waals surface area contributed by atoms with E-state index in [1.165, 1.54) is 38.0 Å². The third-order valence-electron chi connectivity index (χ3n) is 8.04. The Labute approximate surface area is 277 Å². The molecule has 0 atom stereocenters. The zero-order valence-corrected chi connectivity index (χ0v) is 26.5. The predicted molar refractivity (Wildman–Crippen MR) is 178 cm³/mol. The second-order valence-corrected chi connectivity index (χ2v) is 11.2. The summed E-state index contributed by atoms with van der Waals surface area (Å²) < 4.78 is 23.1. The number of ether oxygens (including phenoxy) is 3. The Kier molecular flexibility index (Phi) is 7.56. The van der Waals surface area contributed by atoms with Crippen LogP contribution in [0.3, 0.4) is 0 Å². The molecule has 48 heavy (non-hydrogen) atoms. The fourth-order valence-electron chi connectivity index (χ4n) is 5.93. The molecule has 1 aliphatic rings. The molecule has 0 radical (unpaired) electrons. The number of anilines is 2. The molecule has 0 spiro atoms. The maximum absolute atomic E-state index is 14.4. The van der Waals surface area contributed by atoms with Gasteiger partial charge in [0.25, 0.3) is 23.3 Å². The number of halogens is 1. The van der Waals surface area contributed by atoms with E-state index in [1.807, 2.05) is 0 Å².